The summed E-state index contributed by atoms with van der Waals surface area (Å²) in [5.74, 6) is 0.271. The first-order chi connectivity index (χ1) is 9.13. The minimum atomic E-state index is -0.450. The van der Waals surface area contributed by atoms with E-state index in [-0.39, 0.29) is 11.4 Å². The van der Waals surface area contributed by atoms with Crippen LogP contribution in [0, 0.1) is 0 Å². The monoisotopic (exact) mass is 259 g/mol. The zero-order valence-electron chi connectivity index (χ0n) is 10.8. The maximum atomic E-state index is 11.8. The first-order valence-electron chi connectivity index (χ1n) is 6.29. The van der Waals surface area contributed by atoms with Crippen LogP contribution in [-0.2, 0) is 19.4 Å². The number of rotatable bonds is 4. The second-order valence-corrected chi connectivity index (χ2v) is 4.35. The number of nitrogen functional groups attached to an aromatic ring is 1. The van der Waals surface area contributed by atoms with Crippen LogP contribution < -0.4 is 17.0 Å². The molecule has 19 heavy (non-hydrogen) atoms. The van der Waals surface area contributed by atoms with Gasteiger partial charge in [-0.25, -0.2) is 4.79 Å². The summed E-state index contributed by atoms with van der Waals surface area (Å²) >= 11 is 0. The highest BCUT2D eigenvalue weighted by Crippen LogP contribution is 2.09. The molecule has 100 valence electrons. The number of anilines is 1. The molecular formula is C14H17N3O2. The van der Waals surface area contributed by atoms with Crippen LogP contribution in [0.25, 0.3) is 0 Å². The van der Waals surface area contributed by atoms with Crippen molar-refractivity contribution in [2.45, 2.75) is 26.3 Å². The summed E-state index contributed by atoms with van der Waals surface area (Å²) in [6, 6.07) is 9.86. The van der Waals surface area contributed by atoms with E-state index in [0.717, 1.165) is 12.0 Å². The van der Waals surface area contributed by atoms with Crippen molar-refractivity contribution >= 4 is 5.82 Å². The first-order valence-corrected chi connectivity index (χ1v) is 6.29. The SMILES string of the molecule is CCn1c(N)c(CCc2ccccc2)c(=O)[nH]c1=O. The topological polar surface area (TPSA) is 80.9 Å². The normalized spacial score (nSPS) is 10.6. The minimum absolute atomic E-state index is 0.271. The van der Waals surface area contributed by atoms with Crippen LogP contribution in [0.3, 0.4) is 0 Å². The Balaban J connectivity index is 2.31. The Kier molecular flexibility index (Phi) is 3.85. The van der Waals surface area contributed by atoms with Crippen molar-refractivity contribution in [2.24, 2.45) is 0 Å². The molecule has 0 radical (unpaired) electrons. The maximum Gasteiger partial charge on any atom is 0.329 e. The Bertz CT molecular complexity index is 671. The summed E-state index contributed by atoms with van der Waals surface area (Å²) in [7, 11) is 0. The minimum Gasteiger partial charge on any atom is -0.385 e. The fourth-order valence-electron chi connectivity index (χ4n) is 2.10. The quantitative estimate of drug-likeness (QED) is 0.856. The van der Waals surface area contributed by atoms with Gasteiger partial charge in [-0.15, -0.1) is 0 Å². The Morgan fingerprint density at radius 3 is 2.47 bits per heavy atom. The van der Waals surface area contributed by atoms with Gasteiger partial charge in [-0.1, -0.05) is 30.3 Å². The van der Waals surface area contributed by atoms with Gasteiger partial charge in [0.2, 0.25) is 0 Å². The highest BCUT2D eigenvalue weighted by atomic mass is 16.2. The molecule has 1 aromatic carbocycles. The lowest BCUT2D eigenvalue weighted by Gasteiger charge is -2.10. The molecule has 0 saturated heterocycles. The fourth-order valence-corrected chi connectivity index (χ4v) is 2.10. The van der Waals surface area contributed by atoms with E-state index in [1.54, 1.807) is 0 Å². The zero-order chi connectivity index (χ0) is 13.8. The molecule has 0 spiro atoms. The van der Waals surface area contributed by atoms with E-state index in [9.17, 15) is 9.59 Å². The lowest BCUT2D eigenvalue weighted by molar-refractivity contribution is 0.692. The molecule has 0 aliphatic rings. The first kappa shape index (κ1) is 13.1. The van der Waals surface area contributed by atoms with E-state index in [4.69, 9.17) is 5.73 Å². The van der Waals surface area contributed by atoms with Gasteiger partial charge in [-0.3, -0.25) is 14.3 Å². The highest BCUT2D eigenvalue weighted by molar-refractivity contribution is 5.39. The van der Waals surface area contributed by atoms with Gasteiger partial charge in [0.15, 0.2) is 0 Å². The molecule has 0 aliphatic carbocycles. The third-order valence-electron chi connectivity index (χ3n) is 3.16. The molecule has 5 heteroatoms. The molecule has 2 aromatic rings. The molecule has 1 aromatic heterocycles. The van der Waals surface area contributed by atoms with E-state index < -0.39 is 5.69 Å². The largest absolute Gasteiger partial charge is 0.385 e. The molecular weight excluding hydrogens is 242 g/mol. The summed E-state index contributed by atoms with van der Waals surface area (Å²) in [5.41, 5.74) is 6.68. The van der Waals surface area contributed by atoms with Crippen LogP contribution in [0.2, 0.25) is 0 Å². The number of H-pyrrole nitrogens is 1. The van der Waals surface area contributed by atoms with Crippen LogP contribution >= 0.6 is 0 Å². The molecule has 1 heterocycles. The molecule has 3 N–H and O–H groups in total. The van der Waals surface area contributed by atoms with Crippen LogP contribution in [0.5, 0.6) is 0 Å². The van der Waals surface area contributed by atoms with Crippen LogP contribution in [0.4, 0.5) is 5.82 Å². The molecule has 0 aliphatic heterocycles. The van der Waals surface area contributed by atoms with E-state index in [0.29, 0.717) is 18.5 Å². The van der Waals surface area contributed by atoms with Crippen molar-refractivity contribution in [3.05, 3.63) is 62.3 Å². The van der Waals surface area contributed by atoms with Gasteiger partial charge in [0, 0.05) is 6.54 Å². The number of benzene rings is 1. The number of aryl methyl sites for hydroxylation is 1. The number of nitrogens with zero attached hydrogens (tertiary/aromatic N) is 1. The number of hydrogen-bond acceptors (Lipinski definition) is 3. The van der Waals surface area contributed by atoms with Gasteiger partial charge in [-0.05, 0) is 25.3 Å². The van der Waals surface area contributed by atoms with Gasteiger partial charge in [0.1, 0.15) is 5.82 Å². The Morgan fingerprint density at radius 2 is 1.84 bits per heavy atom. The predicted molar refractivity (Wildman–Crippen MR) is 75.3 cm³/mol. The van der Waals surface area contributed by atoms with Crippen LogP contribution in [-0.4, -0.2) is 9.55 Å². The van der Waals surface area contributed by atoms with Crippen molar-refractivity contribution in [1.82, 2.24) is 9.55 Å². The van der Waals surface area contributed by atoms with Crippen molar-refractivity contribution in [3.63, 3.8) is 0 Å². The predicted octanol–water partition coefficient (Wildman–Crippen LogP) is 0.924. The van der Waals surface area contributed by atoms with Crippen LogP contribution in [0.1, 0.15) is 18.1 Å². The Hall–Kier alpha value is -2.30. The smallest absolute Gasteiger partial charge is 0.329 e. The lowest BCUT2D eigenvalue weighted by atomic mass is 10.1. The van der Waals surface area contributed by atoms with Crippen molar-refractivity contribution < 1.29 is 0 Å². The van der Waals surface area contributed by atoms with Crippen molar-refractivity contribution in [2.75, 3.05) is 5.73 Å². The van der Waals surface area contributed by atoms with Crippen LogP contribution in [0.15, 0.2) is 39.9 Å². The summed E-state index contributed by atoms with van der Waals surface area (Å²) < 4.78 is 1.38. The number of aromatic nitrogens is 2. The summed E-state index contributed by atoms with van der Waals surface area (Å²) in [6.45, 7) is 2.26. The Labute approximate surface area is 110 Å². The molecule has 0 amide bonds. The second-order valence-electron chi connectivity index (χ2n) is 4.35. The molecule has 0 atom stereocenters. The van der Waals surface area contributed by atoms with E-state index in [1.165, 1.54) is 4.57 Å². The van der Waals surface area contributed by atoms with Gasteiger partial charge >= 0.3 is 5.69 Å². The van der Waals surface area contributed by atoms with Gasteiger partial charge in [0.25, 0.3) is 5.56 Å². The molecule has 0 fully saturated rings. The number of nitrogens with one attached hydrogen (secondary N) is 1. The van der Waals surface area contributed by atoms with Gasteiger partial charge in [-0.2, -0.15) is 0 Å². The summed E-state index contributed by atoms with van der Waals surface area (Å²) in [6.07, 6.45) is 1.24. The molecule has 0 unspecified atom stereocenters. The Morgan fingerprint density at radius 1 is 1.16 bits per heavy atom. The van der Waals surface area contributed by atoms with E-state index in [2.05, 4.69) is 4.98 Å². The number of hydrogen-bond donors (Lipinski definition) is 2. The maximum absolute atomic E-state index is 11.8. The zero-order valence-corrected chi connectivity index (χ0v) is 10.8. The molecule has 5 nitrogen and oxygen atoms in total. The third-order valence-corrected chi connectivity index (χ3v) is 3.16. The number of nitrogens with two attached hydrogens (primary N) is 1. The van der Waals surface area contributed by atoms with Gasteiger partial charge < -0.3 is 5.73 Å². The fraction of sp³-hybridized carbons (Fsp3) is 0.286. The van der Waals surface area contributed by atoms with E-state index in [1.807, 2.05) is 37.3 Å². The molecule has 0 bridgehead atoms. The lowest BCUT2D eigenvalue weighted by Crippen LogP contribution is -2.34. The average molecular weight is 259 g/mol. The molecule has 0 saturated carbocycles. The van der Waals surface area contributed by atoms with Crippen molar-refractivity contribution in [1.29, 1.82) is 0 Å². The van der Waals surface area contributed by atoms with E-state index >= 15 is 0 Å². The van der Waals surface area contributed by atoms with Crippen molar-refractivity contribution in [3.8, 4) is 0 Å². The molecule has 2 rings (SSSR count). The average Bonchev–Trinajstić information content (AvgIpc) is 2.39. The third kappa shape index (κ3) is 2.76. The standard InChI is InChI=1S/C14H17N3O2/c1-2-17-12(15)11(13(18)16-14(17)19)9-8-10-6-4-3-5-7-10/h3-7H,2,8-9,15H2,1H3,(H,16,18,19). The summed E-state index contributed by atoms with van der Waals surface area (Å²) in [4.78, 5) is 25.7. The number of aromatic amines is 1. The highest BCUT2D eigenvalue weighted by Gasteiger charge is 2.10. The summed E-state index contributed by atoms with van der Waals surface area (Å²) in [5, 5.41) is 0. The van der Waals surface area contributed by atoms with Gasteiger partial charge in [0.05, 0.1) is 5.56 Å². The second kappa shape index (κ2) is 5.56.